The van der Waals surface area contributed by atoms with Gasteiger partial charge in [-0.25, -0.2) is 9.78 Å². The second kappa shape index (κ2) is 6.38. The molecule has 3 rings (SSSR count). The molecule has 1 aromatic carbocycles. The summed E-state index contributed by atoms with van der Waals surface area (Å²) in [5.41, 5.74) is 2.08. The number of hydrogen-bond donors (Lipinski definition) is 0. The molecule has 1 aliphatic heterocycles. The van der Waals surface area contributed by atoms with Crippen LogP contribution in [-0.4, -0.2) is 29.5 Å². The Morgan fingerprint density at radius 1 is 1.35 bits per heavy atom. The minimum absolute atomic E-state index is 0.0443. The van der Waals surface area contributed by atoms with Gasteiger partial charge in [-0.15, -0.1) is 0 Å². The summed E-state index contributed by atoms with van der Waals surface area (Å²) >= 11 is 5.81. The fraction of sp³-hybridized carbons (Fsp3) is 0.235. The van der Waals surface area contributed by atoms with E-state index < -0.39 is 5.97 Å². The second-order valence-corrected chi connectivity index (χ2v) is 5.82. The number of ether oxygens (including phenoxy) is 1. The molecule has 0 saturated heterocycles. The highest BCUT2D eigenvalue weighted by Gasteiger charge is 2.31. The van der Waals surface area contributed by atoms with Crippen LogP contribution in [0.4, 0.5) is 5.69 Å². The van der Waals surface area contributed by atoms with Crippen molar-refractivity contribution in [2.45, 2.75) is 19.4 Å². The Balaban J connectivity index is 1.67. The van der Waals surface area contributed by atoms with Crippen molar-refractivity contribution in [2.24, 2.45) is 0 Å². The molecule has 5 nitrogen and oxygen atoms in total. The summed E-state index contributed by atoms with van der Waals surface area (Å²) < 4.78 is 5.07. The van der Waals surface area contributed by atoms with Crippen LogP contribution in [0.2, 0.25) is 5.02 Å². The Morgan fingerprint density at radius 3 is 2.91 bits per heavy atom. The number of esters is 1. The first-order valence-corrected chi connectivity index (χ1v) is 7.62. The van der Waals surface area contributed by atoms with Gasteiger partial charge in [-0.3, -0.25) is 4.79 Å². The third-order valence-corrected chi connectivity index (χ3v) is 3.97. The highest BCUT2D eigenvalue weighted by atomic mass is 35.5. The smallest absolute Gasteiger partial charge is 0.357 e. The summed E-state index contributed by atoms with van der Waals surface area (Å²) in [4.78, 5) is 29.9. The summed E-state index contributed by atoms with van der Waals surface area (Å²) in [7, 11) is 0. The van der Waals surface area contributed by atoms with Gasteiger partial charge >= 0.3 is 5.97 Å². The number of carbonyl (C=O) groups is 2. The van der Waals surface area contributed by atoms with Crippen LogP contribution in [0, 0.1) is 0 Å². The fourth-order valence-corrected chi connectivity index (χ4v) is 2.89. The van der Waals surface area contributed by atoms with E-state index in [0.717, 1.165) is 17.7 Å². The molecule has 1 amide bonds. The van der Waals surface area contributed by atoms with E-state index >= 15 is 0 Å². The number of fused-ring (bicyclic) bond motifs is 1. The van der Waals surface area contributed by atoms with E-state index in [9.17, 15) is 9.59 Å². The Morgan fingerprint density at radius 2 is 2.13 bits per heavy atom. The number of amides is 1. The molecule has 23 heavy (non-hydrogen) atoms. The summed E-state index contributed by atoms with van der Waals surface area (Å²) in [5, 5.41) is 0.389. The van der Waals surface area contributed by atoms with Crippen LogP contribution in [0.5, 0.6) is 0 Å². The molecule has 0 fully saturated rings. The molecule has 1 aliphatic rings. The number of halogens is 1. The van der Waals surface area contributed by atoms with Gasteiger partial charge in [0.15, 0.2) is 6.61 Å². The van der Waals surface area contributed by atoms with Crippen molar-refractivity contribution in [3.63, 3.8) is 0 Å². The molecule has 0 unspecified atom stereocenters. The number of benzene rings is 1. The van der Waals surface area contributed by atoms with E-state index in [1.54, 1.807) is 11.0 Å². The molecule has 0 saturated carbocycles. The molecular weight excluding hydrogens is 316 g/mol. The predicted molar refractivity (Wildman–Crippen MR) is 86.6 cm³/mol. The summed E-state index contributed by atoms with van der Waals surface area (Å²) in [5.74, 6) is -0.918. The topological polar surface area (TPSA) is 59.5 Å². The van der Waals surface area contributed by atoms with Crippen molar-refractivity contribution in [1.82, 2.24) is 4.98 Å². The van der Waals surface area contributed by atoms with E-state index in [2.05, 4.69) is 4.98 Å². The van der Waals surface area contributed by atoms with Crippen LogP contribution in [0.25, 0.3) is 0 Å². The van der Waals surface area contributed by atoms with E-state index in [1.807, 2.05) is 31.2 Å². The third kappa shape index (κ3) is 3.19. The lowest BCUT2D eigenvalue weighted by Gasteiger charge is -2.22. The number of carbonyl (C=O) groups excluding carboxylic acids is 2. The molecule has 2 aromatic rings. The van der Waals surface area contributed by atoms with Crippen LogP contribution >= 0.6 is 11.6 Å². The van der Waals surface area contributed by atoms with Gasteiger partial charge in [0.05, 0.1) is 0 Å². The van der Waals surface area contributed by atoms with Crippen molar-refractivity contribution in [1.29, 1.82) is 0 Å². The van der Waals surface area contributed by atoms with Gasteiger partial charge in [-0.1, -0.05) is 29.8 Å². The van der Waals surface area contributed by atoms with Crippen LogP contribution in [0.3, 0.4) is 0 Å². The minimum atomic E-state index is -0.666. The Hall–Kier alpha value is -2.40. The summed E-state index contributed by atoms with van der Waals surface area (Å²) in [6.07, 6.45) is 2.21. The summed E-state index contributed by atoms with van der Waals surface area (Å²) in [6.45, 7) is 1.64. The standard InChI is InChI=1S/C17H15ClN2O3/c1-11-8-12-4-2-3-5-15(12)20(11)16(21)10-23-17(22)14-9-13(18)6-7-19-14/h2-7,9,11H,8,10H2,1H3/t11-/m0/s1. The number of para-hydroxylation sites is 1. The normalized spacial score (nSPS) is 16.1. The Bertz CT molecular complexity index is 763. The number of aromatic nitrogens is 1. The predicted octanol–water partition coefficient (Wildman–Crippen LogP) is 2.87. The van der Waals surface area contributed by atoms with Gasteiger partial charge in [-0.05, 0) is 37.1 Å². The molecule has 6 heteroatoms. The molecule has 1 atom stereocenters. The molecule has 0 spiro atoms. The van der Waals surface area contributed by atoms with Crippen molar-refractivity contribution in [3.05, 3.63) is 58.9 Å². The molecule has 1 aromatic heterocycles. The van der Waals surface area contributed by atoms with Crippen LogP contribution in [-0.2, 0) is 16.0 Å². The quantitative estimate of drug-likeness (QED) is 0.812. The maximum Gasteiger partial charge on any atom is 0.357 e. The lowest BCUT2D eigenvalue weighted by molar-refractivity contribution is -0.122. The first kappa shape index (κ1) is 15.5. The van der Waals surface area contributed by atoms with Crippen molar-refractivity contribution < 1.29 is 14.3 Å². The zero-order valence-electron chi connectivity index (χ0n) is 12.5. The van der Waals surface area contributed by atoms with Crippen molar-refractivity contribution in [3.8, 4) is 0 Å². The van der Waals surface area contributed by atoms with E-state index in [-0.39, 0.29) is 24.2 Å². The molecule has 0 radical (unpaired) electrons. The third-order valence-electron chi connectivity index (χ3n) is 3.73. The van der Waals surface area contributed by atoms with Crippen LogP contribution < -0.4 is 4.90 Å². The first-order valence-electron chi connectivity index (χ1n) is 7.25. The zero-order chi connectivity index (χ0) is 16.4. The molecule has 0 N–H and O–H groups in total. The second-order valence-electron chi connectivity index (χ2n) is 5.38. The molecular formula is C17H15ClN2O3. The molecule has 0 bridgehead atoms. The van der Waals surface area contributed by atoms with Crippen LogP contribution in [0.1, 0.15) is 23.0 Å². The van der Waals surface area contributed by atoms with Crippen molar-refractivity contribution in [2.75, 3.05) is 11.5 Å². The SMILES string of the molecule is C[C@H]1Cc2ccccc2N1C(=O)COC(=O)c1cc(Cl)ccn1. The number of rotatable bonds is 3. The molecule has 118 valence electrons. The highest BCUT2D eigenvalue weighted by molar-refractivity contribution is 6.30. The van der Waals surface area contributed by atoms with E-state index in [0.29, 0.717) is 5.02 Å². The number of pyridine rings is 1. The lowest BCUT2D eigenvalue weighted by atomic mass is 10.1. The number of nitrogens with zero attached hydrogens (tertiary/aromatic N) is 2. The van der Waals surface area contributed by atoms with Crippen molar-refractivity contribution >= 4 is 29.2 Å². The largest absolute Gasteiger partial charge is 0.451 e. The first-order chi connectivity index (χ1) is 11.1. The molecule has 2 heterocycles. The van der Waals surface area contributed by atoms with Gasteiger partial charge in [-0.2, -0.15) is 0 Å². The Labute approximate surface area is 138 Å². The van der Waals surface area contributed by atoms with Gasteiger partial charge in [0.1, 0.15) is 5.69 Å². The summed E-state index contributed by atoms with van der Waals surface area (Å²) in [6, 6.07) is 10.7. The zero-order valence-corrected chi connectivity index (χ0v) is 13.3. The minimum Gasteiger partial charge on any atom is -0.451 e. The van der Waals surface area contributed by atoms with Crippen LogP contribution in [0.15, 0.2) is 42.6 Å². The van der Waals surface area contributed by atoms with Gasteiger partial charge in [0, 0.05) is 22.9 Å². The van der Waals surface area contributed by atoms with E-state index in [1.165, 1.54) is 12.3 Å². The maximum absolute atomic E-state index is 12.4. The van der Waals surface area contributed by atoms with E-state index in [4.69, 9.17) is 16.3 Å². The van der Waals surface area contributed by atoms with Gasteiger partial charge < -0.3 is 9.64 Å². The van der Waals surface area contributed by atoms with Gasteiger partial charge in [0.25, 0.3) is 5.91 Å². The number of anilines is 1. The molecule has 0 aliphatic carbocycles. The highest BCUT2D eigenvalue weighted by Crippen LogP contribution is 2.31. The Kier molecular flexibility index (Phi) is 4.30. The fourth-order valence-electron chi connectivity index (χ4n) is 2.73. The maximum atomic E-state index is 12.4. The van der Waals surface area contributed by atoms with Gasteiger partial charge in [0.2, 0.25) is 0 Å². The monoisotopic (exact) mass is 330 g/mol. The lowest BCUT2D eigenvalue weighted by Crippen LogP contribution is -2.38. The average molecular weight is 331 g/mol. The number of hydrogen-bond acceptors (Lipinski definition) is 4. The average Bonchev–Trinajstić information content (AvgIpc) is 2.88.